The highest BCUT2D eigenvalue weighted by Gasteiger charge is 1.95. The Morgan fingerprint density at radius 2 is 1.38 bits per heavy atom. The van der Waals surface area contributed by atoms with Crippen LogP contribution < -0.4 is 0 Å². The van der Waals surface area contributed by atoms with Crippen LogP contribution >= 0.6 is 23.2 Å². The van der Waals surface area contributed by atoms with Gasteiger partial charge in [0.25, 0.3) is 0 Å². The molecule has 0 fully saturated rings. The second-order valence-corrected chi connectivity index (χ2v) is 3.44. The lowest BCUT2D eigenvalue weighted by atomic mass is 10.3. The summed E-state index contributed by atoms with van der Waals surface area (Å²) in [7, 11) is 0. The maximum Gasteiger partial charge on any atom is 0.191 e. The number of hydrogen-bond donors (Lipinski definition) is 0. The Kier molecular flexibility index (Phi) is 8.37. The smallest absolute Gasteiger partial charge is 0.191 e. The second-order valence-electron chi connectivity index (χ2n) is 2.70. The van der Waals surface area contributed by atoms with Gasteiger partial charge in [-0.2, -0.15) is 0 Å². The minimum absolute atomic E-state index is 0.360. The second kappa shape index (κ2) is 8.46. The predicted octanol–water partition coefficient (Wildman–Crippen LogP) is 4.76. The summed E-state index contributed by atoms with van der Waals surface area (Å²) in [5, 5.41) is 0.721. The molecule has 0 aliphatic carbocycles. The zero-order chi connectivity index (χ0) is 10.1. The number of rotatable bonds is 6. The van der Waals surface area contributed by atoms with Gasteiger partial charge in [0.1, 0.15) is 0 Å². The monoisotopic (exact) mass is 222 g/mol. The van der Waals surface area contributed by atoms with Crippen LogP contribution in [0.25, 0.3) is 0 Å². The first-order chi connectivity index (χ1) is 6.20. The summed E-state index contributed by atoms with van der Waals surface area (Å²) < 4.78 is 5.11. The third-order valence-electron chi connectivity index (χ3n) is 1.38. The highest BCUT2D eigenvalue weighted by Crippen LogP contribution is 2.15. The van der Waals surface area contributed by atoms with E-state index in [-0.39, 0.29) is 0 Å². The molecular formula is C10H16Cl2O. The van der Waals surface area contributed by atoms with E-state index in [4.69, 9.17) is 27.9 Å². The molecule has 0 aromatic heterocycles. The minimum Gasteiger partial charge on any atom is -0.434 e. The molecule has 0 heterocycles. The van der Waals surface area contributed by atoms with Gasteiger partial charge in [0, 0.05) is 0 Å². The first kappa shape index (κ1) is 12.9. The molecule has 1 nitrogen and oxygen atoms in total. The maximum atomic E-state index is 5.75. The Morgan fingerprint density at radius 3 is 1.69 bits per heavy atom. The van der Waals surface area contributed by atoms with Crippen LogP contribution in [0.2, 0.25) is 0 Å². The van der Waals surface area contributed by atoms with E-state index in [1.807, 2.05) is 12.2 Å². The van der Waals surface area contributed by atoms with Crippen molar-refractivity contribution in [2.75, 3.05) is 0 Å². The first-order valence-corrected chi connectivity index (χ1v) is 5.35. The fraction of sp³-hybridized carbons (Fsp3) is 0.600. The van der Waals surface area contributed by atoms with E-state index >= 15 is 0 Å². The Balaban J connectivity index is 3.82. The Bertz CT molecular complexity index is 165. The number of halogens is 2. The van der Waals surface area contributed by atoms with Crippen LogP contribution in [0.3, 0.4) is 0 Å². The van der Waals surface area contributed by atoms with Gasteiger partial charge in [0.15, 0.2) is 10.4 Å². The normalized spacial score (nSPS) is 13.2. The SMILES string of the molecule is CCC/C=C(\Cl)O/C(Cl)=C/CCC. The molecule has 76 valence electrons. The third kappa shape index (κ3) is 8.20. The van der Waals surface area contributed by atoms with Crippen molar-refractivity contribution in [3.8, 4) is 0 Å². The summed E-state index contributed by atoms with van der Waals surface area (Å²) in [5.74, 6) is 0. The quantitative estimate of drug-likeness (QED) is 0.589. The molecule has 0 rings (SSSR count). The van der Waals surface area contributed by atoms with Crippen molar-refractivity contribution in [2.24, 2.45) is 0 Å². The van der Waals surface area contributed by atoms with Gasteiger partial charge in [-0.25, -0.2) is 0 Å². The number of hydrogen-bond acceptors (Lipinski definition) is 1. The average molecular weight is 223 g/mol. The van der Waals surface area contributed by atoms with Crippen LogP contribution in [-0.2, 0) is 4.74 Å². The molecule has 3 heteroatoms. The van der Waals surface area contributed by atoms with Crippen LogP contribution in [0.5, 0.6) is 0 Å². The lowest BCUT2D eigenvalue weighted by Crippen LogP contribution is -1.81. The van der Waals surface area contributed by atoms with Crippen LogP contribution in [-0.4, -0.2) is 0 Å². The van der Waals surface area contributed by atoms with Gasteiger partial charge in [-0.1, -0.05) is 26.7 Å². The standard InChI is InChI=1S/C10H16Cl2O/c1-3-5-7-9(11)13-10(12)8-6-4-2/h7-8H,3-6H2,1-2H3/b9-7+,10-8+. The molecule has 0 bridgehead atoms. The lowest BCUT2D eigenvalue weighted by Gasteiger charge is -2.01. The zero-order valence-corrected chi connectivity index (χ0v) is 9.66. The van der Waals surface area contributed by atoms with E-state index in [0.717, 1.165) is 25.7 Å². The van der Waals surface area contributed by atoms with Gasteiger partial charge >= 0.3 is 0 Å². The van der Waals surface area contributed by atoms with E-state index in [0.29, 0.717) is 10.4 Å². The summed E-state index contributed by atoms with van der Waals surface area (Å²) in [5.41, 5.74) is 0. The van der Waals surface area contributed by atoms with Crippen LogP contribution in [0.4, 0.5) is 0 Å². The highest BCUT2D eigenvalue weighted by molar-refractivity contribution is 6.31. The van der Waals surface area contributed by atoms with Gasteiger partial charge in [-0.15, -0.1) is 0 Å². The molecule has 0 spiro atoms. The molecule has 0 saturated heterocycles. The lowest BCUT2D eigenvalue weighted by molar-refractivity contribution is 0.363. The summed E-state index contributed by atoms with van der Waals surface area (Å²) in [6, 6.07) is 0. The predicted molar refractivity (Wildman–Crippen MR) is 58.8 cm³/mol. The minimum atomic E-state index is 0.360. The Morgan fingerprint density at radius 1 is 1.00 bits per heavy atom. The largest absolute Gasteiger partial charge is 0.434 e. The van der Waals surface area contributed by atoms with Crippen molar-refractivity contribution in [3.05, 3.63) is 22.6 Å². The molecule has 0 aliphatic rings. The fourth-order valence-electron chi connectivity index (χ4n) is 0.692. The molecule has 0 amide bonds. The van der Waals surface area contributed by atoms with Gasteiger partial charge in [0.2, 0.25) is 0 Å². The Labute approximate surface area is 90.4 Å². The average Bonchev–Trinajstić information content (AvgIpc) is 2.11. The van der Waals surface area contributed by atoms with Gasteiger partial charge in [-0.05, 0) is 48.2 Å². The van der Waals surface area contributed by atoms with E-state index in [2.05, 4.69) is 13.8 Å². The summed E-state index contributed by atoms with van der Waals surface area (Å²) in [6.45, 7) is 4.16. The zero-order valence-electron chi connectivity index (χ0n) is 8.15. The van der Waals surface area contributed by atoms with E-state index in [9.17, 15) is 0 Å². The molecule has 13 heavy (non-hydrogen) atoms. The van der Waals surface area contributed by atoms with Gasteiger partial charge < -0.3 is 4.74 Å². The number of unbranched alkanes of at least 4 members (excludes halogenated alkanes) is 2. The van der Waals surface area contributed by atoms with Crippen LogP contribution in [0, 0.1) is 0 Å². The molecule has 0 N–H and O–H groups in total. The summed E-state index contributed by atoms with van der Waals surface area (Å²) in [4.78, 5) is 0. The van der Waals surface area contributed by atoms with E-state index in [1.165, 1.54) is 0 Å². The van der Waals surface area contributed by atoms with Crippen LogP contribution in [0.15, 0.2) is 22.6 Å². The van der Waals surface area contributed by atoms with E-state index in [1.54, 1.807) is 0 Å². The molecule has 0 atom stereocenters. The molecule has 0 saturated carbocycles. The molecule has 0 aromatic rings. The summed E-state index contributed by atoms with van der Waals surface area (Å²) in [6.07, 6.45) is 7.58. The van der Waals surface area contributed by atoms with Crippen molar-refractivity contribution < 1.29 is 4.74 Å². The summed E-state index contributed by atoms with van der Waals surface area (Å²) >= 11 is 11.5. The number of allylic oxidation sites excluding steroid dienone is 2. The Hall–Kier alpha value is -0.140. The molecule has 0 aliphatic heterocycles. The third-order valence-corrected chi connectivity index (χ3v) is 1.84. The topological polar surface area (TPSA) is 9.23 Å². The molecule has 0 radical (unpaired) electrons. The highest BCUT2D eigenvalue weighted by atomic mass is 35.5. The van der Waals surface area contributed by atoms with Crippen molar-refractivity contribution >= 4 is 23.2 Å². The van der Waals surface area contributed by atoms with Gasteiger partial charge in [0.05, 0.1) is 0 Å². The molecule has 0 aromatic carbocycles. The van der Waals surface area contributed by atoms with Crippen LogP contribution in [0.1, 0.15) is 39.5 Å². The molecule has 0 unspecified atom stereocenters. The number of ether oxygens (including phenoxy) is 1. The first-order valence-electron chi connectivity index (χ1n) is 4.59. The van der Waals surface area contributed by atoms with Crippen molar-refractivity contribution in [3.63, 3.8) is 0 Å². The van der Waals surface area contributed by atoms with Crippen molar-refractivity contribution in [1.82, 2.24) is 0 Å². The fourth-order valence-corrected chi connectivity index (χ4v) is 1.12. The van der Waals surface area contributed by atoms with Crippen molar-refractivity contribution in [1.29, 1.82) is 0 Å². The molecular weight excluding hydrogens is 207 g/mol. The van der Waals surface area contributed by atoms with Gasteiger partial charge in [-0.3, -0.25) is 0 Å². The maximum absolute atomic E-state index is 5.75. The van der Waals surface area contributed by atoms with Crippen molar-refractivity contribution in [2.45, 2.75) is 39.5 Å². The van der Waals surface area contributed by atoms with E-state index < -0.39 is 0 Å².